The van der Waals surface area contributed by atoms with Crippen molar-refractivity contribution in [2.24, 2.45) is 11.1 Å². The lowest BCUT2D eigenvalue weighted by atomic mass is 10.0. The Morgan fingerprint density at radius 2 is 1.83 bits per heavy atom. The van der Waals surface area contributed by atoms with E-state index in [0.29, 0.717) is 23.1 Å². The summed E-state index contributed by atoms with van der Waals surface area (Å²) >= 11 is 1.39. The van der Waals surface area contributed by atoms with Gasteiger partial charge >= 0.3 is 0 Å². The number of amides is 3. The topological polar surface area (TPSA) is 128 Å². The summed E-state index contributed by atoms with van der Waals surface area (Å²) in [5.74, 6) is -4.60. The number of hydrogen-bond acceptors (Lipinski definition) is 5. The molecule has 3 aliphatic rings. The van der Waals surface area contributed by atoms with Crippen LogP contribution in [0.2, 0.25) is 0 Å². The van der Waals surface area contributed by atoms with Crippen molar-refractivity contribution in [3.05, 3.63) is 81.0 Å². The first kappa shape index (κ1) is 27.1. The van der Waals surface area contributed by atoms with Gasteiger partial charge < -0.3 is 21.3 Å². The van der Waals surface area contributed by atoms with Gasteiger partial charge in [0.1, 0.15) is 11.9 Å². The van der Waals surface area contributed by atoms with Crippen molar-refractivity contribution in [1.29, 1.82) is 5.41 Å². The lowest BCUT2D eigenvalue weighted by molar-refractivity contribution is -0.139. The van der Waals surface area contributed by atoms with E-state index in [2.05, 4.69) is 10.6 Å². The van der Waals surface area contributed by atoms with Crippen LogP contribution in [0.15, 0.2) is 53.9 Å². The van der Waals surface area contributed by atoms with Crippen LogP contribution in [-0.2, 0) is 15.5 Å². The third kappa shape index (κ3) is 4.48. The Morgan fingerprint density at radius 3 is 2.56 bits per heavy atom. The number of nitrogens with one attached hydrogen (secondary N) is 3. The molecule has 2 aliphatic carbocycles. The van der Waals surface area contributed by atoms with Crippen LogP contribution in [0.1, 0.15) is 64.7 Å². The van der Waals surface area contributed by atoms with E-state index in [4.69, 9.17) is 11.1 Å². The molecule has 41 heavy (non-hydrogen) atoms. The maximum absolute atomic E-state index is 15.1. The molecule has 212 valence electrons. The lowest BCUT2D eigenvalue weighted by Gasteiger charge is -2.28. The van der Waals surface area contributed by atoms with E-state index in [1.807, 2.05) is 13.8 Å². The molecular formula is C30H29F2N5O3S. The monoisotopic (exact) mass is 577 g/mol. The third-order valence-electron chi connectivity index (χ3n) is 8.52. The molecule has 6 rings (SSSR count). The van der Waals surface area contributed by atoms with Crippen molar-refractivity contribution < 1.29 is 23.2 Å². The van der Waals surface area contributed by atoms with Crippen molar-refractivity contribution in [2.45, 2.75) is 50.7 Å². The highest BCUT2D eigenvalue weighted by Crippen LogP contribution is 2.59. The number of nitrogens with two attached hydrogens (primary N) is 1. The molecule has 0 unspecified atom stereocenters. The average molecular weight is 578 g/mol. The van der Waals surface area contributed by atoms with Gasteiger partial charge in [-0.1, -0.05) is 37.3 Å². The molecule has 8 nitrogen and oxygen atoms in total. The fourth-order valence-corrected chi connectivity index (χ4v) is 7.04. The SMILES string of the molecule is C[C@@H](NC(=O)[C@@H]1C[C@]2(C)C[C@@H]2N1C(=O)CNC(=O)c1ccc2c(c1)C(F)(F)c1ccccc1-2)c1cc(C(=N)N)cs1. The minimum atomic E-state index is -3.22. The van der Waals surface area contributed by atoms with E-state index in [9.17, 15) is 14.4 Å². The summed E-state index contributed by atoms with van der Waals surface area (Å²) in [6.45, 7) is 3.51. The zero-order chi connectivity index (χ0) is 29.3. The van der Waals surface area contributed by atoms with Crippen LogP contribution in [0, 0.1) is 10.8 Å². The number of fused-ring (bicyclic) bond motifs is 4. The molecule has 1 saturated carbocycles. The standard InChI is InChI=1S/C30H29F2N5O3S/c1-15(23-10-17(14-41-23)26(33)34)36-28(40)22-11-29(2)12-24(29)37(22)25(38)13-35-27(39)16-7-8-19-18-5-3-4-6-20(18)30(31,32)21(19)9-16/h3-10,14-15,22,24H,11-13H2,1-2H3,(H3,33,34)(H,35,39)(H,36,40)/t15-,22+,24+,29-/m1/s1. The molecule has 3 aromatic rings. The number of thiophene rings is 1. The maximum Gasteiger partial charge on any atom is 0.299 e. The number of carbonyl (C=O) groups excluding carboxylic acids is 3. The molecule has 5 N–H and O–H groups in total. The van der Waals surface area contributed by atoms with Crippen molar-refractivity contribution in [2.75, 3.05) is 6.54 Å². The number of rotatable bonds is 7. The Hall–Kier alpha value is -4.12. The lowest BCUT2D eigenvalue weighted by Crippen LogP contribution is -2.51. The molecule has 1 saturated heterocycles. The van der Waals surface area contributed by atoms with E-state index >= 15 is 8.78 Å². The molecule has 0 bridgehead atoms. The predicted octanol–water partition coefficient (Wildman–Crippen LogP) is 4.14. The number of hydrogen-bond donors (Lipinski definition) is 4. The average Bonchev–Trinajstić information content (AvgIpc) is 3.26. The number of carbonyl (C=O) groups is 3. The van der Waals surface area contributed by atoms with E-state index in [1.165, 1.54) is 35.6 Å². The highest BCUT2D eigenvalue weighted by molar-refractivity contribution is 7.10. The second-order valence-corrected chi connectivity index (χ2v) is 12.3. The van der Waals surface area contributed by atoms with Gasteiger partial charge in [-0.05, 0) is 54.5 Å². The molecule has 11 heteroatoms. The summed E-state index contributed by atoms with van der Waals surface area (Å²) in [5.41, 5.74) is 6.50. The number of benzene rings is 2. The summed E-state index contributed by atoms with van der Waals surface area (Å²) in [4.78, 5) is 42.0. The Balaban J connectivity index is 1.12. The van der Waals surface area contributed by atoms with Crippen molar-refractivity contribution in [3.8, 4) is 11.1 Å². The van der Waals surface area contributed by atoms with Crippen LogP contribution in [0.25, 0.3) is 11.1 Å². The van der Waals surface area contributed by atoms with Crippen molar-refractivity contribution in [3.63, 3.8) is 0 Å². The Kier molecular flexibility index (Phi) is 6.25. The highest BCUT2D eigenvalue weighted by Gasteiger charge is 2.64. The second kappa shape index (κ2) is 9.47. The number of alkyl halides is 2. The number of halogens is 2. The van der Waals surface area contributed by atoms with Gasteiger partial charge in [-0.3, -0.25) is 19.8 Å². The minimum absolute atomic E-state index is 0.0331. The minimum Gasteiger partial charge on any atom is -0.384 e. The van der Waals surface area contributed by atoms with E-state index in [0.717, 1.165) is 11.3 Å². The van der Waals surface area contributed by atoms with Crippen LogP contribution in [-0.4, -0.2) is 47.1 Å². The molecule has 2 aromatic carbocycles. The van der Waals surface area contributed by atoms with Crippen molar-refractivity contribution in [1.82, 2.24) is 15.5 Å². The summed E-state index contributed by atoms with van der Waals surface area (Å²) in [6, 6.07) is 11.1. The zero-order valence-corrected chi connectivity index (χ0v) is 23.3. The summed E-state index contributed by atoms with van der Waals surface area (Å²) in [5, 5.41) is 14.9. The fraction of sp³-hybridized carbons (Fsp3) is 0.333. The van der Waals surface area contributed by atoms with E-state index in [-0.39, 0.29) is 52.5 Å². The van der Waals surface area contributed by atoms with Gasteiger partial charge in [-0.15, -0.1) is 11.3 Å². The molecule has 2 heterocycles. The summed E-state index contributed by atoms with van der Waals surface area (Å²) < 4.78 is 30.2. The third-order valence-corrected chi connectivity index (χ3v) is 9.63. The molecule has 3 amide bonds. The smallest absolute Gasteiger partial charge is 0.299 e. The Bertz CT molecular complexity index is 1620. The van der Waals surface area contributed by atoms with Crippen LogP contribution in [0.4, 0.5) is 8.78 Å². The first-order valence-electron chi connectivity index (χ1n) is 13.4. The van der Waals surface area contributed by atoms with E-state index < -0.39 is 23.8 Å². The highest BCUT2D eigenvalue weighted by atomic mass is 32.1. The maximum atomic E-state index is 15.1. The number of nitrogens with zero attached hydrogens (tertiary/aromatic N) is 1. The first-order chi connectivity index (χ1) is 19.4. The molecule has 4 atom stereocenters. The molecule has 2 fully saturated rings. The van der Waals surface area contributed by atoms with Gasteiger partial charge in [0.05, 0.1) is 12.6 Å². The molecule has 0 spiro atoms. The number of nitrogen functional groups attached to an aromatic ring is 1. The Labute approximate surface area is 239 Å². The first-order valence-corrected chi connectivity index (χ1v) is 14.2. The van der Waals surface area contributed by atoms with E-state index in [1.54, 1.807) is 34.5 Å². The molecule has 1 aromatic heterocycles. The van der Waals surface area contributed by atoms with Gasteiger partial charge in [0, 0.05) is 38.6 Å². The van der Waals surface area contributed by atoms with Gasteiger partial charge in [-0.25, -0.2) is 0 Å². The number of amidine groups is 1. The largest absolute Gasteiger partial charge is 0.384 e. The van der Waals surface area contributed by atoms with Gasteiger partial charge in [0.25, 0.3) is 11.8 Å². The van der Waals surface area contributed by atoms with Gasteiger partial charge in [-0.2, -0.15) is 8.78 Å². The normalized spacial score (nSPS) is 23.7. The van der Waals surface area contributed by atoms with Crippen LogP contribution >= 0.6 is 11.3 Å². The second-order valence-electron chi connectivity index (χ2n) is 11.3. The quantitative estimate of drug-likeness (QED) is 0.249. The number of piperidine rings is 1. The molecular weight excluding hydrogens is 548 g/mol. The van der Waals surface area contributed by atoms with Crippen LogP contribution < -0.4 is 16.4 Å². The van der Waals surface area contributed by atoms with Crippen LogP contribution in [0.3, 0.4) is 0 Å². The summed E-state index contributed by atoms with van der Waals surface area (Å²) in [6.07, 6.45) is 1.29. The number of likely N-dealkylation sites (tertiary alicyclic amines) is 1. The zero-order valence-electron chi connectivity index (χ0n) is 22.5. The summed E-state index contributed by atoms with van der Waals surface area (Å²) in [7, 11) is 0. The predicted molar refractivity (Wildman–Crippen MR) is 151 cm³/mol. The fourth-order valence-electron chi connectivity index (χ4n) is 6.13. The van der Waals surface area contributed by atoms with Gasteiger partial charge in [0.15, 0.2) is 0 Å². The Morgan fingerprint density at radius 1 is 1.10 bits per heavy atom. The molecule has 1 aliphatic heterocycles. The molecule has 0 radical (unpaired) electrons. The van der Waals surface area contributed by atoms with Gasteiger partial charge in [0.2, 0.25) is 11.8 Å². The van der Waals surface area contributed by atoms with Crippen molar-refractivity contribution >= 4 is 34.9 Å². The van der Waals surface area contributed by atoms with Crippen LogP contribution in [0.5, 0.6) is 0 Å².